The van der Waals surface area contributed by atoms with Crippen LogP contribution in [0, 0.1) is 6.92 Å². The summed E-state index contributed by atoms with van der Waals surface area (Å²) in [5.74, 6) is -2.01. The Morgan fingerprint density at radius 1 is 0.936 bits per heavy atom. The van der Waals surface area contributed by atoms with Gasteiger partial charge >= 0.3 is 12.1 Å². The second kappa shape index (κ2) is 17.8. The predicted octanol–water partition coefficient (Wildman–Crippen LogP) is 4.42. The van der Waals surface area contributed by atoms with Crippen LogP contribution in [0.2, 0.25) is 0 Å². The maximum absolute atomic E-state index is 13.5. The van der Waals surface area contributed by atoms with Gasteiger partial charge in [0.05, 0.1) is 25.4 Å². The highest BCUT2D eigenvalue weighted by Crippen LogP contribution is 2.25. The number of benzene rings is 2. The first-order valence-electron chi connectivity index (χ1n) is 15.6. The van der Waals surface area contributed by atoms with Gasteiger partial charge in [-0.1, -0.05) is 61.0 Å². The van der Waals surface area contributed by atoms with Crippen molar-refractivity contribution in [3.8, 4) is 11.1 Å². The quantitative estimate of drug-likeness (QED) is 0.165. The highest BCUT2D eigenvalue weighted by atomic mass is 16.6. The molecule has 3 rings (SSSR count). The molecule has 0 saturated carbocycles. The Hall–Kier alpha value is -4.81. The van der Waals surface area contributed by atoms with Crippen LogP contribution in [0.3, 0.4) is 0 Å². The molecule has 252 valence electrons. The van der Waals surface area contributed by atoms with Crippen LogP contribution in [0.15, 0.2) is 60.8 Å². The number of pyridine rings is 1. The molecule has 1 heterocycles. The molecule has 0 bridgehead atoms. The van der Waals surface area contributed by atoms with Crippen LogP contribution >= 0.6 is 0 Å². The van der Waals surface area contributed by atoms with E-state index in [1.807, 2.05) is 55.5 Å². The van der Waals surface area contributed by atoms with Crippen LogP contribution in [0.4, 0.5) is 10.5 Å². The molecule has 0 radical (unpaired) electrons. The molecule has 0 unspecified atom stereocenters. The Kier molecular flexibility index (Phi) is 13.9. The van der Waals surface area contributed by atoms with E-state index >= 15 is 0 Å². The molecule has 47 heavy (non-hydrogen) atoms. The van der Waals surface area contributed by atoms with Crippen LogP contribution in [-0.4, -0.2) is 83.9 Å². The third-order valence-corrected chi connectivity index (χ3v) is 6.72. The Morgan fingerprint density at radius 2 is 1.66 bits per heavy atom. The molecule has 1 aromatic heterocycles. The Bertz CT molecular complexity index is 1540. The minimum atomic E-state index is -0.958. The predicted molar refractivity (Wildman–Crippen MR) is 179 cm³/mol. The third-order valence-electron chi connectivity index (χ3n) is 6.72. The van der Waals surface area contributed by atoms with Crippen molar-refractivity contribution in [1.29, 1.82) is 0 Å². The van der Waals surface area contributed by atoms with Crippen molar-refractivity contribution in [2.75, 3.05) is 44.7 Å². The normalized spacial score (nSPS) is 11.1. The lowest BCUT2D eigenvalue weighted by atomic mass is 10.0. The van der Waals surface area contributed by atoms with Crippen molar-refractivity contribution in [2.24, 2.45) is 0 Å². The van der Waals surface area contributed by atoms with Crippen molar-refractivity contribution < 1.29 is 33.8 Å². The standard InChI is InChI=1S/C35H45N5O7/c1-6-25-10-8-12-27(18-25)28-19-29(32(38-20-28)33(44)37-14-16-46-15-13-36-21-31(42)43)39-30(41)23-40(34(45)47-35(3,4)5)22-26-11-7-9-24(2)17-26/h7-12,17-20,36H,6,13-16,21-23H2,1-5H3,(H,37,44)(H,39,41)(H,42,43). The number of anilines is 1. The summed E-state index contributed by atoms with van der Waals surface area (Å²) in [7, 11) is 0. The van der Waals surface area contributed by atoms with Crippen molar-refractivity contribution in [2.45, 2.75) is 53.2 Å². The molecule has 12 nitrogen and oxygen atoms in total. The van der Waals surface area contributed by atoms with Gasteiger partial charge in [0.15, 0.2) is 5.69 Å². The number of hydrogen-bond acceptors (Lipinski definition) is 8. The third kappa shape index (κ3) is 12.8. The highest BCUT2D eigenvalue weighted by molar-refractivity contribution is 6.03. The number of nitrogens with zero attached hydrogens (tertiary/aromatic N) is 2. The van der Waals surface area contributed by atoms with E-state index in [1.165, 1.54) is 4.90 Å². The van der Waals surface area contributed by atoms with E-state index in [0.717, 1.165) is 28.7 Å². The molecular formula is C35H45N5O7. The molecule has 0 saturated heterocycles. The number of carboxylic acids is 1. The maximum atomic E-state index is 13.5. The summed E-state index contributed by atoms with van der Waals surface area (Å²) in [4.78, 5) is 56.2. The first-order chi connectivity index (χ1) is 22.3. The summed E-state index contributed by atoms with van der Waals surface area (Å²) >= 11 is 0. The molecule has 2 aromatic carbocycles. The Labute approximate surface area is 275 Å². The zero-order valence-electron chi connectivity index (χ0n) is 27.7. The highest BCUT2D eigenvalue weighted by Gasteiger charge is 2.25. The number of aromatic nitrogens is 1. The molecule has 0 aliphatic carbocycles. The molecular weight excluding hydrogens is 602 g/mol. The van der Waals surface area contributed by atoms with Gasteiger partial charge in [-0.15, -0.1) is 0 Å². The minimum Gasteiger partial charge on any atom is -0.480 e. The molecule has 0 aliphatic heterocycles. The van der Waals surface area contributed by atoms with Gasteiger partial charge in [-0.25, -0.2) is 9.78 Å². The summed E-state index contributed by atoms with van der Waals surface area (Å²) in [5, 5.41) is 16.9. The fourth-order valence-corrected chi connectivity index (χ4v) is 4.54. The lowest BCUT2D eigenvalue weighted by Gasteiger charge is -2.27. The molecule has 0 atom stereocenters. The topological polar surface area (TPSA) is 159 Å². The number of amides is 3. The monoisotopic (exact) mass is 647 g/mol. The SMILES string of the molecule is CCc1cccc(-c2cnc(C(=O)NCCOCCNCC(=O)O)c(NC(=O)CN(Cc3cccc(C)c3)C(=O)OC(C)(C)C)c2)c1. The number of carbonyl (C=O) groups excluding carboxylic acids is 3. The number of carbonyl (C=O) groups is 4. The molecule has 0 aliphatic rings. The minimum absolute atomic E-state index is 0.000580. The molecule has 0 fully saturated rings. The van der Waals surface area contributed by atoms with Crippen molar-refractivity contribution in [3.63, 3.8) is 0 Å². The zero-order valence-corrected chi connectivity index (χ0v) is 27.7. The first-order valence-corrected chi connectivity index (χ1v) is 15.6. The first kappa shape index (κ1) is 36.7. The molecule has 12 heteroatoms. The van der Waals surface area contributed by atoms with Crippen LogP contribution in [0.1, 0.15) is 54.9 Å². The van der Waals surface area contributed by atoms with E-state index in [0.29, 0.717) is 12.1 Å². The number of aryl methyl sites for hydroxylation is 2. The lowest BCUT2D eigenvalue weighted by molar-refractivity contribution is -0.136. The molecule has 3 aromatic rings. The van der Waals surface area contributed by atoms with Crippen LogP contribution in [0.5, 0.6) is 0 Å². The fraction of sp³-hybridized carbons (Fsp3) is 0.400. The van der Waals surface area contributed by atoms with E-state index in [-0.39, 0.29) is 50.8 Å². The number of aliphatic carboxylic acids is 1. The molecule has 0 spiro atoms. The Balaban J connectivity index is 1.80. The average Bonchev–Trinajstić information content (AvgIpc) is 3.01. The van der Waals surface area contributed by atoms with Gasteiger partial charge in [0.25, 0.3) is 5.91 Å². The lowest BCUT2D eigenvalue weighted by Crippen LogP contribution is -2.41. The van der Waals surface area contributed by atoms with Gasteiger partial charge < -0.3 is 30.5 Å². The number of carboxylic acid groups (broad SMARTS) is 1. The smallest absolute Gasteiger partial charge is 0.411 e. The largest absolute Gasteiger partial charge is 0.480 e. The van der Waals surface area contributed by atoms with E-state index in [2.05, 4.69) is 27.9 Å². The average molecular weight is 648 g/mol. The van der Waals surface area contributed by atoms with Crippen LogP contribution in [0.25, 0.3) is 11.1 Å². The molecule has 3 amide bonds. The van der Waals surface area contributed by atoms with Gasteiger partial charge in [0, 0.05) is 31.4 Å². The second-order valence-electron chi connectivity index (χ2n) is 12.0. The van der Waals surface area contributed by atoms with Crippen molar-refractivity contribution in [1.82, 2.24) is 20.5 Å². The van der Waals surface area contributed by atoms with Crippen molar-refractivity contribution in [3.05, 3.63) is 83.2 Å². The van der Waals surface area contributed by atoms with Gasteiger partial charge in [-0.2, -0.15) is 0 Å². The van der Waals surface area contributed by atoms with E-state index in [4.69, 9.17) is 14.6 Å². The second-order valence-corrected chi connectivity index (χ2v) is 12.0. The number of ether oxygens (including phenoxy) is 2. The zero-order chi connectivity index (χ0) is 34.4. The summed E-state index contributed by atoms with van der Waals surface area (Å²) in [6, 6.07) is 17.2. The van der Waals surface area contributed by atoms with Gasteiger partial charge in [-0.3, -0.25) is 19.3 Å². The van der Waals surface area contributed by atoms with Crippen LogP contribution < -0.4 is 16.0 Å². The summed E-state index contributed by atoms with van der Waals surface area (Å²) in [6.45, 7) is 9.89. The van der Waals surface area contributed by atoms with E-state index in [9.17, 15) is 19.2 Å². The number of nitrogens with one attached hydrogen (secondary N) is 3. The van der Waals surface area contributed by atoms with Crippen LogP contribution in [-0.2, 0) is 32.0 Å². The van der Waals surface area contributed by atoms with Gasteiger partial charge in [-0.05, 0) is 56.9 Å². The maximum Gasteiger partial charge on any atom is 0.411 e. The Morgan fingerprint density at radius 3 is 2.36 bits per heavy atom. The van der Waals surface area contributed by atoms with Gasteiger partial charge in [0.2, 0.25) is 5.91 Å². The molecule has 4 N–H and O–H groups in total. The number of hydrogen-bond donors (Lipinski definition) is 4. The van der Waals surface area contributed by atoms with E-state index < -0.39 is 29.5 Å². The summed E-state index contributed by atoms with van der Waals surface area (Å²) in [6.07, 6.45) is 1.77. The summed E-state index contributed by atoms with van der Waals surface area (Å²) < 4.78 is 11.0. The van der Waals surface area contributed by atoms with Gasteiger partial charge in [0.1, 0.15) is 12.1 Å². The number of rotatable bonds is 16. The summed E-state index contributed by atoms with van der Waals surface area (Å²) in [5.41, 5.74) is 3.97. The van der Waals surface area contributed by atoms with E-state index in [1.54, 1.807) is 33.0 Å². The van der Waals surface area contributed by atoms with Crippen molar-refractivity contribution >= 4 is 29.6 Å². The fourth-order valence-electron chi connectivity index (χ4n) is 4.54.